The van der Waals surface area contributed by atoms with Gasteiger partial charge < -0.3 is 64.5 Å². The Bertz CT molecular complexity index is 832. The number of rotatable bonds is 8. The Morgan fingerprint density at radius 2 is 0.714 bits per heavy atom. The molecule has 0 spiro atoms. The highest BCUT2D eigenvalue weighted by molar-refractivity contribution is 7.82. The van der Waals surface area contributed by atoms with Gasteiger partial charge in [-0.2, -0.15) is 0 Å². The molecule has 14 N–H and O–H groups in total. The maximum atomic E-state index is 11.9. The third-order valence-electron chi connectivity index (χ3n) is 2.97. The van der Waals surface area contributed by atoms with Gasteiger partial charge in [0, 0.05) is 0 Å². The van der Waals surface area contributed by atoms with Crippen molar-refractivity contribution in [3.8, 4) is 0 Å². The lowest BCUT2D eigenvalue weighted by Gasteiger charge is -2.50. The first-order chi connectivity index (χ1) is 11.6. The normalized spacial score (nSPS) is 16.5. The first-order valence-corrected chi connectivity index (χ1v) is 15.1. The molecule has 0 aromatic rings. The predicted molar refractivity (Wildman–Crippen MR) is 83.8 cm³/mol. The monoisotopic (exact) mass is 540 g/mol. The number of hydrogen-bond donors (Lipinski definition) is 13. The Kier molecular flexibility index (Phi) is 7.67. The summed E-state index contributed by atoms with van der Waals surface area (Å²) in [5.74, 6) is 0. The molecule has 170 valence electrons. The van der Waals surface area contributed by atoms with Crippen molar-refractivity contribution in [2.24, 2.45) is 5.73 Å². The summed E-state index contributed by atoms with van der Waals surface area (Å²) in [6.07, 6.45) is 0. The zero-order valence-electron chi connectivity index (χ0n) is 12.5. The van der Waals surface area contributed by atoms with Crippen molar-refractivity contribution in [3.63, 3.8) is 0 Å². The van der Waals surface area contributed by atoms with Crippen LogP contribution in [0.3, 0.4) is 0 Å². The lowest BCUT2D eigenvalue weighted by Crippen LogP contribution is -2.65. The van der Waals surface area contributed by atoms with Gasteiger partial charge in [-0.05, 0) is 0 Å². The third-order valence-corrected chi connectivity index (χ3v) is 15.6. The quantitative estimate of drug-likeness (QED) is 0.132. The lowest BCUT2D eigenvalue weighted by molar-refractivity contribution is 0.173. The van der Waals surface area contributed by atoms with Crippen molar-refractivity contribution in [1.29, 1.82) is 0 Å². The SMILES string of the molecule is NC(C(N(P(=O)(O)O)P(=O)(O)O)(P(=O)(O)O)P(=O)(O)O)(P(=O)(O)O)P(=O)(O)O. The fourth-order valence-electron chi connectivity index (χ4n) is 2.05. The molecule has 0 aromatic heterocycles. The molecule has 0 fully saturated rings. The fraction of sp³-hybridized carbons (Fsp3) is 1.00. The average Bonchev–Trinajstić information content (AvgIpc) is 2.24. The van der Waals surface area contributed by atoms with Gasteiger partial charge in [0.25, 0.3) is 10.0 Å². The van der Waals surface area contributed by atoms with Crippen molar-refractivity contribution in [1.82, 2.24) is 4.44 Å². The van der Waals surface area contributed by atoms with Gasteiger partial charge in [0.2, 0.25) is 0 Å². The molecule has 0 bridgehead atoms. The minimum atomic E-state index is -7.52. The second kappa shape index (κ2) is 7.45. The zero-order valence-corrected chi connectivity index (χ0v) is 17.9. The molecule has 0 saturated carbocycles. The topological polar surface area (TPSA) is 374 Å². The largest absolute Gasteiger partial charge is 0.414 e. The molecule has 26 heteroatoms. The highest BCUT2D eigenvalue weighted by Crippen LogP contribution is 2.90. The molecule has 20 nitrogen and oxygen atoms in total. The van der Waals surface area contributed by atoms with E-state index in [1.807, 2.05) is 0 Å². The van der Waals surface area contributed by atoms with Crippen LogP contribution in [0.25, 0.3) is 0 Å². The summed E-state index contributed by atoms with van der Waals surface area (Å²) in [6.45, 7) is 0. The van der Waals surface area contributed by atoms with E-state index >= 15 is 0 Å². The summed E-state index contributed by atoms with van der Waals surface area (Å²) >= 11 is 0. The Labute approximate surface area is 153 Å². The molecule has 0 radical (unpaired) electrons. The van der Waals surface area contributed by atoms with Crippen LogP contribution >= 0.6 is 45.9 Å². The van der Waals surface area contributed by atoms with E-state index in [2.05, 4.69) is 5.73 Å². The highest BCUT2D eigenvalue weighted by Gasteiger charge is 2.89. The summed E-state index contributed by atoms with van der Waals surface area (Å²) in [5.41, 5.74) is 4.66. The van der Waals surface area contributed by atoms with Gasteiger partial charge in [-0.3, -0.25) is 18.3 Å². The molecular formula is C2H14N2O18P6. The van der Waals surface area contributed by atoms with E-state index in [1.165, 1.54) is 0 Å². The Morgan fingerprint density at radius 1 is 0.500 bits per heavy atom. The van der Waals surface area contributed by atoms with Crippen molar-refractivity contribution in [2.45, 2.75) is 10.0 Å². The summed E-state index contributed by atoms with van der Waals surface area (Å²) in [7, 11) is -43.7. The van der Waals surface area contributed by atoms with Gasteiger partial charge in [-0.15, -0.1) is 0 Å². The van der Waals surface area contributed by atoms with Crippen LogP contribution in [-0.2, 0) is 27.4 Å². The van der Waals surface area contributed by atoms with E-state index in [4.69, 9.17) is 19.6 Å². The van der Waals surface area contributed by atoms with E-state index < -0.39 is 60.4 Å². The summed E-state index contributed by atoms with van der Waals surface area (Å²) in [5, 5.41) is -11.7. The molecule has 0 heterocycles. The number of nitrogens with zero attached hydrogens (tertiary/aromatic N) is 1. The van der Waals surface area contributed by atoms with Crippen molar-refractivity contribution in [2.75, 3.05) is 0 Å². The highest BCUT2D eigenvalue weighted by atomic mass is 31.3. The van der Waals surface area contributed by atoms with Crippen molar-refractivity contribution < 1.29 is 86.1 Å². The molecule has 0 saturated heterocycles. The molecule has 0 rings (SSSR count). The molecule has 0 atom stereocenters. The first-order valence-electron chi connectivity index (χ1n) is 5.55. The van der Waals surface area contributed by atoms with Crippen LogP contribution in [0.4, 0.5) is 0 Å². The van der Waals surface area contributed by atoms with Gasteiger partial charge in [0.15, 0.2) is 0 Å². The Balaban J connectivity index is 8.50. The zero-order chi connectivity index (χ0) is 23.6. The van der Waals surface area contributed by atoms with Crippen LogP contribution in [-0.4, -0.2) is 73.2 Å². The second-order valence-corrected chi connectivity index (χ2v) is 15.8. The van der Waals surface area contributed by atoms with Gasteiger partial charge in [-0.1, -0.05) is 4.44 Å². The minimum absolute atomic E-state index is 2.40. The van der Waals surface area contributed by atoms with Crippen LogP contribution in [0.15, 0.2) is 0 Å². The maximum Gasteiger partial charge on any atom is 0.414 e. The van der Waals surface area contributed by atoms with Crippen molar-refractivity contribution in [3.05, 3.63) is 0 Å². The fourth-order valence-corrected chi connectivity index (χ4v) is 15.6. The summed E-state index contributed by atoms with van der Waals surface area (Å²) < 4.78 is 67.7. The lowest BCUT2D eigenvalue weighted by atomic mass is 10.6. The van der Waals surface area contributed by atoms with Gasteiger partial charge in [0.1, 0.15) is 0 Å². The minimum Gasteiger partial charge on any atom is -0.323 e. The van der Waals surface area contributed by atoms with E-state index in [0.717, 1.165) is 0 Å². The van der Waals surface area contributed by atoms with Gasteiger partial charge >= 0.3 is 45.9 Å². The second-order valence-electron chi connectivity index (χ2n) is 4.85. The van der Waals surface area contributed by atoms with Crippen LogP contribution in [0.2, 0.25) is 0 Å². The Hall–Kier alpha value is 0.820. The van der Waals surface area contributed by atoms with E-state index in [9.17, 15) is 66.5 Å². The molecule has 0 aliphatic carbocycles. The maximum absolute atomic E-state index is 11.9. The molecule has 28 heavy (non-hydrogen) atoms. The van der Waals surface area contributed by atoms with Gasteiger partial charge in [0.05, 0.1) is 0 Å². The smallest absolute Gasteiger partial charge is 0.323 e. The molecule has 0 aliphatic heterocycles. The molecular weight excluding hydrogens is 526 g/mol. The summed E-state index contributed by atoms with van der Waals surface area (Å²) in [6, 6.07) is 0. The van der Waals surface area contributed by atoms with E-state index in [1.54, 1.807) is 0 Å². The van der Waals surface area contributed by atoms with Crippen LogP contribution in [0.1, 0.15) is 0 Å². The van der Waals surface area contributed by atoms with Crippen molar-refractivity contribution >= 4 is 45.9 Å². The van der Waals surface area contributed by atoms with E-state index in [0.29, 0.717) is 0 Å². The summed E-state index contributed by atoms with van der Waals surface area (Å²) in [4.78, 5) is 110. The van der Waals surface area contributed by atoms with Gasteiger partial charge in [-0.25, -0.2) is 9.13 Å². The van der Waals surface area contributed by atoms with Crippen LogP contribution < -0.4 is 5.73 Å². The molecule has 0 unspecified atom stereocenters. The number of nitrogens with two attached hydrogens (primary N) is 1. The standard InChI is InChI=1S/C2H14N2O18P6/c3-1(23(5,6)7,24(8,9)10)2(25(11,12)13,26(14,15)16)4(27(17,18)19)28(20,21)22/h3H2,(H2,5,6,7)(H2,8,9,10)(H2,11,12,13)(H2,14,15,16)(H2,17,18,19)(H2,20,21,22). The molecule has 0 aliphatic rings. The Morgan fingerprint density at radius 3 is 0.821 bits per heavy atom. The predicted octanol–water partition coefficient (Wildman–Crippen LogP) is -3.55. The van der Waals surface area contributed by atoms with Crippen LogP contribution in [0, 0.1) is 0 Å². The number of hydrogen-bond acceptors (Lipinski definition) is 7. The van der Waals surface area contributed by atoms with E-state index in [-0.39, 0.29) is 0 Å². The van der Waals surface area contributed by atoms with Crippen LogP contribution in [0.5, 0.6) is 0 Å². The first kappa shape index (κ1) is 28.8. The average molecular weight is 540 g/mol. The third kappa shape index (κ3) is 4.39. The molecule has 0 amide bonds. The molecule has 0 aromatic carbocycles.